The molecule has 11 heteroatoms. The molecule has 4 N–H and O–H groups in total. The van der Waals surface area contributed by atoms with E-state index in [0.717, 1.165) is 93.5 Å². The number of rotatable bonds is 10. The molecular weight excluding hydrogens is 532 g/mol. The van der Waals surface area contributed by atoms with E-state index in [2.05, 4.69) is 49.9 Å². The van der Waals surface area contributed by atoms with Crippen molar-refractivity contribution in [2.45, 2.75) is 58.0 Å². The molecule has 2 aromatic rings. The van der Waals surface area contributed by atoms with Crippen LogP contribution < -0.4 is 26.0 Å². The first kappa shape index (κ1) is 29.9. The van der Waals surface area contributed by atoms with Gasteiger partial charge in [0.25, 0.3) is 5.91 Å². The van der Waals surface area contributed by atoms with Gasteiger partial charge in [0.2, 0.25) is 0 Å². The molecule has 42 heavy (non-hydrogen) atoms. The number of amides is 1. The molecule has 0 aliphatic carbocycles. The number of methoxy groups -OCH3 is 1. The molecule has 0 spiro atoms. The van der Waals surface area contributed by atoms with Gasteiger partial charge in [-0.1, -0.05) is 13.5 Å². The number of aromatic nitrogens is 2. The minimum absolute atomic E-state index is 0.124. The van der Waals surface area contributed by atoms with Crippen LogP contribution in [0.25, 0.3) is 0 Å². The summed E-state index contributed by atoms with van der Waals surface area (Å²) in [5.74, 6) is 1.15. The molecule has 228 valence electrons. The standard InChI is InChI=1S/C31H46N8O3/c1-5-25-30(33-22-10-18-42-19-11-22)36-31(28(35-25)29(32)40)34-23-6-7-26(27(20-23)41-4)39-12-8-24(9-13-39)38-16-14-37(15-17-38)21(2)3/h6-7,20,22,24H,2,5,8-19H2,1,3-4H3,(H2,32,40)(H2,33,34,36). The van der Waals surface area contributed by atoms with Crippen molar-refractivity contribution >= 4 is 28.9 Å². The summed E-state index contributed by atoms with van der Waals surface area (Å²) in [6.45, 7) is 15.9. The number of ether oxygens (including phenoxy) is 2. The number of anilines is 4. The second-order valence-electron chi connectivity index (χ2n) is 11.5. The Bertz CT molecular complexity index is 1250. The lowest BCUT2D eigenvalue weighted by Crippen LogP contribution is -2.52. The number of carbonyl (C=O) groups is 1. The van der Waals surface area contributed by atoms with Gasteiger partial charge in [0.15, 0.2) is 17.3 Å². The first-order valence-electron chi connectivity index (χ1n) is 15.3. The van der Waals surface area contributed by atoms with Gasteiger partial charge in [-0.15, -0.1) is 0 Å². The monoisotopic (exact) mass is 578 g/mol. The van der Waals surface area contributed by atoms with Crippen LogP contribution in [0, 0.1) is 0 Å². The molecule has 1 aromatic heterocycles. The zero-order valence-electron chi connectivity index (χ0n) is 25.3. The number of nitrogens with two attached hydrogens (primary N) is 1. The molecule has 0 bridgehead atoms. The van der Waals surface area contributed by atoms with Gasteiger partial charge in [-0.2, -0.15) is 0 Å². The van der Waals surface area contributed by atoms with Gasteiger partial charge in [0.05, 0.1) is 18.5 Å². The summed E-state index contributed by atoms with van der Waals surface area (Å²) in [4.78, 5) is 29.2. The molecule has 3 saturated heterocycles. The number of primary amides is 1. The average Bonchev–Trinajstić information content (AvgIpc) is 3.01. The lowest BCUT2D eigenvalue weighted by molar-refractivity contribution is 0.0903. The maximum atomic E-state index is 12.4. The van der Waals surface area contributed by atoms with E-state index >= 15 is 0 Å². The van der Waals surface area contributed by atoms with Gasteiger partial charge in [0.1, 0.15) is 5.75 Å². The first-order chi connectivity index (χ1) is 20.4. The van der Waals surface area contributed by atoms with E-state index in [4.69, 9.17) is 20.2 Å². The van der Waals surface area contributed by atoms with Gasteiger partial charge >= 0.3 is 0 Å². The normalized spacial score (nSPS) is 19.0. The number of hydrogen-bond donors (Lipinski definition) is 3. The van der Waals surface area contributed by atoms with Crippen LogP contribution in [0.15, 0.2) is 30.5 Å². The highest BCUT2D eigenvalue weighted by atomic mass is 16.5. The SMILES string of the molecule is C=C(C)N1CCN(C2CCN(c3ccc(Nc4nc(NC5CCOCC5)c(CC)nc4C(N)=O)cc3OC)CC2)CC1. The number of aryl methyl sites for hydroxylation is 1. The Morgan fingerprint density at radius 3 is 2.40 bits per heavy atom. The van der Waals surface area contributed by atoms with E-state index in [0.29, 0.717) is 37.3 Å². The number of benzene rings is 1. The minimum Gasteiger partial charge on any atom is -0.495 e. The zero-order valence-corrected chi connectivity index (χ0v) is 25.3. The van der Waals surface area contributed by atoms with Crippen LogP contribution in [-0.2, 0) is 11.2 Å². The number of nitrogens with one attached hydrogen (secondary N) is 2. The van der Waals surface area contributed by atoms with Crippen LogP contribution in [0.3, 0.4) is 0 Å². The van der Waals surface area contributed by atoms with Crippen molar-refractivity contribution in [2.24, 2.45) is 5.73 Å². The second kappa shape index (κ2) is 13.6. The number of hydrogen-bond acceptors (Lipinski definition) is 10. The molecule has 1 amide bonds. The zero-order chi connectivity index (χ0) is 29.6. The number of carbonyl (C=O) groups excluding carboxylic acids is 1. The quantitative estimate of drug-likeness (QED) is 0.386. The van der Waals surface area contributed by atoms with E-state index in [1.165, 1.54) is 0 Å². The van der Waals surface area contributed by atoms with Crippen molar-refractivity contribution < 1.29 is 14.3 Å². The molecular formula is C31H46N8O3. The summed E-state index contributed by atoms with van der Waals surface area (Å²) in [6.07, 6.45) is 4.67. The summed E-state index contributed by atoms with van der Waals surface area (Å²) in [5.41, 5.74) is 9.55. The van der Waals surface area contributed by atoms with E-state index < -0.39 is 5.91 Å². The second-order valence-corrected chi connectivity index (χ2v) is 11.5. The third kappa shape index (κ3) is 6.90. The molecule has 1 aromatic carbocycles. The van der Waals surface area contributed by atoms with Gasteiger partial charge in [-0.05, 0) is 51.2 Å². The van der Waals surface area contributed by atoms with Crippen molar-refractivity contribution in [1.82, 2.24) is 19.8 Å². The van der Waals surface area contributed by atoms with Crippen molar-refractivity contribution in [3.63, 3.8) is 0 Å². The van der Waals surface area contributed by atoms with Crippen LogP contribution in [-0.4, -0.2) is 97.4 Å². The van der Waals surface area contributed by atoms with Crippen molar-refractivity contribution in [1.29, 1.82) is 0 Å². The predicted molar refractivity (Wildman–Crippen MR) is 167 cm³/mol. The first-order valence-corrected chi connectivity index (χ1v) is 15.3. The van der Waals surface area contributed by atoms with E-state index in [1.54, 1.807) is 7.11 Å². The van der Waals surface area contributed by atoms with Gasteiger partial charge in [-0.3, -0.25) is 9.69 Å². The number of piperazine rings is 1. The number of allylic oxidation sites excluding steroid dienone is 1. The summed E-state index contributed by atoms with van der Waals surface area (Å²) >= 11 is 0. The highest BCUT2D eigenvalue weighted by Gasteiger charge is 2.28. The topological polar surface area (TPSA) is 121 Å². The average molecular weight is 579 g/mol. The Labute approximate surface area is 249 Å². The lowest BCUT2D eigenvalue weighted by Gasteiger charge is -2.44. The maximum absolute atomic E-state index is 12.4. The third-order valence-electron chi connectivity index (χ3n) is 8.72. The fourth-order valence-electron chi connectivity index (χ4n) is 6.22. The van der Waals surface area contributed by atoms with Crippen LogP contribution >= 0.6 is 0 Å². The van der Waals surface area contributed by atoms with Crippen LogP contribution in [0.5, 0.6) is 5.75 Å². The number of piperidine rings is 1. The van der Waals surface area contributed by atoms with E-state index in [-0.39, 0.29) is 11.7 Å². The molecule has 11 nitrogen and oxygen atoms in total. The summed E-state index contributed by atoms with van der Waals surface area (Å²) < 4.78 is 11.3. The predicted octanol–water partition coefficient (Wildman–Crippen LogP) is 3.60. The molecule has 0 saturated carbocycles. The van der Waals surface area contributed by atoms with E-state index in [9.17, 15) is 4.79 Å². The molecule has 0 unspecified atom stereocenters. The lowest BCUT2D eigenvalue weighted by atomic mass is 10.0. The minimum atomic E-state index is -0.621. The fourth-order valence-corrected chi connectivity index (χ4v) is 6.22. The highest BCUT2D eigenvalue weighted by molar-refractivity contribution is 5.96. The van der Waals surface area contributed by atoms with E-state index in [1.807, 2.05) is 19.1 Å². The smallest absolute Gasteiger partial charge is 0.271 e. The number of nitrogens with zero attached hydrogens (tertiary/aromatic N) is 5. The Balaban J connectivity index is 1.28. The summed E-state index contributed by atoms with van der Waals surface area (Å²) in [6, 6.07) is 6.87. The third-order valence-corrected chi connectivity index (χ3v) is 8.72. The maximum Gasteiger partial charge on any atom is 0.271 e. The molecule has 0 radical (unpaired) electrons. The van der Waals surface area contributed by atoms with Crippen LogP contribution in [0.4, 0.5) is 23.0 Å². The summed E-state index contributed by atoms with van der Waals surface area (Å²) in [5, 5.41) is 6.81. The largest absolute Gasteiger partial charge is 0.495 e. The molecule has 3 aliphatic heterocycles. The van der Waals surface area contributed by atoms with Crippen molar-refractivity contribution in [3.05, 3.63) is 41.9 Å². The Kier molecular flexibility index (Phi) is 9.69. The molecule has 3 fully saturated rings. The Morgan fingerprint density at radius 1 is 1.07 bits per heavy atom. The van der Waals surface area contributed by atoms with Crippen LogP contribution in [0.2, 0.25) is 0 Å². The van der Waals surface area contributed by atoms with Gasteiger partial charge in [-0.25, -0.2) is 9.97 Å². The summed E-state index contributed by atoms with van der Waals surface area (Å²) in [7, 11) is 1.69. The molecule has 4 heterocycles. The molecule has 0 atom stereocenters. The van der Waals surface area contributed by atoms with Crippen LogP contribution in [0.1, 0.15) is 55.7 Å². The molecule has 5 rings (SSSR count). The van der Waals surface area contributed by atoms with Gasteiger partial charge < -0.3 is 35.6 Å². The van der Waals surface area contributed by atoms with Crippen molar-refractivity contribution in [3.8, 4) is 5.75 Å². The molecule has 3 aliphatic rings. The van der Waals surface area contributed by atoms with Crippen molar-refractivity contribution in [2.75, 3.05) is 75.1 Å². The Hall–Kier alpha value is -3.57. The highest BCUT2D eigenvalue weighted by Crippen LogP contribution is 2.35. The Morgan fingerprint density at radius 2 is 1.79 bits per heavy atom. The van der Waals surface area contributed by atoms with Gasteiger partial charge in [0, 0.05) is 82.0 Å². The fraction of sp³-hybridized carbons (Fsp3) is 0.581.